The molecule has 0 spiro atoms. The standard InChI is InChI=1S/C8H10F2/c1-6(2)8(10)4-7(3)5-9/h4-5H,1H2,2-3H3/b7-5-,8-4+. The van der Waals surface area contributed by atoms with E-state index in [0.29, 0.717) is 11.9 Å². The second-order valence-electron chi connectivity index (χ2n) is 2.13. The molecule has 0 heterocycles. The highest BCUT2D eigenvalue weighted by molar-refractivity contribution is 5.27. The summed E-state index contributed by atoms with van der Waals surface area (Å²) in [5.41, 5.74) is 0.557. The Morgan fingerprint density at radius 1 is 1.40 bits per heavy atom. The van der Waals surface area contributed by atoms with Crippen molar-refractivity contribution in [2.75, 3.05) is 0 Å². The predicted molar refractivity (Wildman–Crippen MR) is 38.9 cm³/mol. The zero-order valence-electron chi connectivity index (χ0n) is 6.12. The molecule has 0 saturated carbocycles. The van der Waals surface area contributed by atoms with Gasteiger partial charge in [-0.2, -0.15) is 0 Å². The van der Waals surface area contributed by atoms with Crippen molar-refractivity contribution in [3.63, 3.8) is 0 Å². The molecule has 0 radical (unpaired) electrons. The molecule has 0 amide bonds. The molecule has 0 aromatic carbocycles. The van der Waals surface area contributed by atoms with Crippen LogP contribution in [0.25, 0.3) is 0 Å². The number of hydrogen-bond acceptors (Lipinski definition) is 0. The predicted octanol–water partition coefficient (Wildman–Crippen LogP) is 3.29. The largest absolute Gasteiger partial charge is 0.215 e. The highest BCUT2D eigenvalue weighted by Gasteiger charge is 1.93. The molecule has 56 valence electrons. The molecule has 0 aliphatic carbocycles. The second kappa shape index (κ2) is 3.99. The fourth-order valence-corrected chi connectivity index (χ4v) is 0.355. The number of hydrogen-bond donors (Lipinski definition) is 0. The molecule has 0 N–H and O–H groups in total. The molecule has 0 aliphatic heterocycles. The summed E-state index contributed by atoms with van der Waals surface area (Å²) >= 11 is 0. The van der Waals surface area contributed by atoms with Gasteiger partial charge in [0, 0.05) is 0 Å². The number of halogens is 2. The highest BCUT2D eigenvalue weighted by atomic mass is 19.1. The van der Waals surface area contributed by atoms with E-state index in [9.17, 15) is 8.78 Å². The van der Waals surface area contributed by atoms with Gasteiger partial charge in [0.25, 0.3) is 0 Å². The van der Waals surface area contributed by atoms with Crippen molar-refractivity contribution in [1.29, 1.82) is 0 Å². The summed E-state index contributed by atoms with van der Waals surface area (Å²) in [6.07, 6.45) is 1.45. The molecular weight excluding hydrogens is 134 g/mol. The molecule has 2 heteroatoms. The molecule has 0 aliphatic rings. The van der Waals surface area contributed by atoms with Crippen LogP contribution in [0.3, 0.4) is 0 Å². The minimum atomic E-state index is -0.480. The van der Waals surface area contributed by atoms with Crippen LogP contribution in [0.2, 0.25) is 0 Å². The van der Waals surface area contributed by atoms with Crippen molar-refractivity contribution < 1.29 is 8.78 Å². The molecule has 0 aromatic heterocycles. The van der Waals surface area contributed by atoms with Gasteiger partial charge in [-0.25, -0.2) is 8.78 Å². The van der Waals surface area contributed by atoms with E-state index in [0.717, 1.165) is 6.08 Å². The maximum Gasteiger partial charge on any atom is 0.125 e. The van der Waals surface area contributed by atoms with Crippen LogP contribution in [0.5, 0.6) is 0 Å². The molecule has 0 unspecified atom stereocenters. The van der Waals surface area contributed by atoms with Crippen LogP contribution in [0.1, 0.15) is 13.8 Å². The van der Waals surface area contributed by atoms with Gasteiger partial charge in [0.1, 0.15) is 5.83 Å². The Hall–Kier alpha value is -0.920. The highest BCUT2D eigenvalue weighted by Crippen LogP contribution is 2.10. The van der Waals surface area contributed by atoms with Crippen LogP contribution < -0.4 is 0 Å². The van der Waals surface area contributed by atoms with Crippen LogP contribution in [-0.4, -0.2) is 0 Å². The van der Waals surface area contributed by atoms with Gasteiger partial charge in [-0.05, 0) is 31.1 Å². The Kier molecular flexibility index (Phi) is 3.62. The van der Waals surface area contributed by atoms with E-state index in [1.54, 1.807) is 0 Å². The lowest BCUT2D eigenvalue weighted by Gasteiger charge is -1.92. The van der Waals surface area contributed by atoms with E-state index in [1.807, 2.05) is 0 Å². The first kappa shape index (κ1) is 9.08. The van der Waals surface area contributed by atoms with E-state index in [1.165, 1.54) is 13.8 Å². The van der Waals surface area contributed by atoms with Gasteiger partial charge in [-0.15, -0.1) is 0 Å². The lowest BCUT2D eigenvalue weighted by atomic mass is 10.2. The molecule has 0 rings (SSSR count). The first-order chi connectivity index (χ1) is 4.57. The summed E-state index contributed by atoms with van der Waals surface area (Å²) < 4.78 is 24.1. The van der Waals surface area contributed by atoms with E-state index < -0.39 is 5.83 Å². The van der Waals surface area contributed by atoms with Gasteiger partial charge in [0.2, 0.25) is 0 Å². The monoisotopic (exact) mass is 144 g/mol. The maximum absolute atomic E-state index is 12.5. The summed E-state index contributed by atoms with van der Waals surface area (Å²) in [5, 5.41) is 0. The Balaban J connectivity index is 4.31. The van der Waals surface area contributed by atoms with Crippen LogP contribution in [0, 0.1) is 0 Å². The van der Waals surface area contributed by atoms with Crippen LogP contribution >= 0.6 is 0 Å². The van der Waals surface area contributed by atoms with E-state index in [4.69, 9.17) is 0 Å². The van der Waals surface area contributed by atoms with Crippen molar-refractivity contribution in [2.24, 2.45) is 0 Å². The van der Waals surface area contributed by atoms with Crippen LogP contribution in [0.15, 0.2) is 36.0 Å². The lowest BCUT2D eigenvalue weighted by molar-refractivity contribution is 0.649. The van der Waals surface area contributed by atoms with E-state index in [-0.39, 0.29) is 5.57 Å². The summed E-state index contributed by atoms with van der Waals surface area (Å²) in [6.45, 7) is 6.35. The van der Waals surface area contributed by atoms with Gasteiger partial charge in [-0.1, -0.05) is 6.58 Å². The van der Waals surface area contributed by atoms with Gasteiger partial charge >= 0.3 is 0 Å². The molecular formula is C8H10F2. The third-order valence-electron chi connectivity index (χ3n) is 0.934. The van der Waals surface area contributed by atoms with Gasteiger partial charge in [0.15, 0.2) is 0 Å². The Morgan fingerprint density at radius 2 is 1.90 bits per heavy atom. The minimum Gasteiger partial charge on any atom is -0.215 e. The fourth-order valence-electron chi connectivity index (χ4n) is 0.355. The average molecular weight is 144 g/mol. The summed E-state index contributed by atoms with van der Waals surface area (Å²) in [7, 11) is 0. The zero-order valence-corrected chi connectivity index (χ0v) is 6.12. The molecule has 10 heavy (non-hydrogen) atoms. The lowest BCUT2D eigenvalue weighted by Crippen LogP contribution is -1.75. The normalized spacial score (nSPS) is 13.6. The second-order valence-corrected chi connectivity index (χ2v) is 2.13. The SMILES string of the molecule is C=C(C)/C(F)=C\C(C)=C/F. The fraction of sp³-hybridized carbons (Fsp3) is 0.250. The van der Waals surface area contributed by atoms with Crippen molar-refractivity contribution in [3.05, 3.63) is 36.0 Å². The molecule has 0 atom stereocenters. The van der Waals surface area contributed by atoms with Crippen molar-refractivity contribution in [3.8, 4) is 0 Å². The van der Waals surface area contributed by atoms with Crippen molar-refractivity contribution in [2.45, 2.75) is 13.8 Å². The number of allylic oxidation sites excluding steroid dienone is 4. The third-order valence-corrected chi connectivity index (χ3v) is 0.934. The summed E-state index contributed by atoms with van der Waals surface area (Å²) in [4.78, 5) is 0. The number of rotatable bonds is 2. The molecule has 0 nitrogen and oxygen atoms in total. The van der Waals surface area contributed by atoms with Crippen molar-refractivity contribution >= 4 is 0 Å². The summed E-state index contributed by atoms with van der Waals surface area (Å²) in [6, 6.07) is 0. The minimum absolute atomic E-state index is 0.250. The van der Waals surface area contributed by atoms with Crippen LogP contribution in [-0.2, 0) is 0 Å². The van der Waals surface area contributed by atoms with Crippen molar-refractivity contribution in [1.82, 2.24) is 0 Å². The topological polar surface area (TPSA) is 0 Å². The quantitative estimate of drug-likeness (QED) is 0.521. The Morgan fingerprint density at radius 3 is 2.20 bits per heavy atom. The Labute approximate surface area is 59.6 Å². The van der Waals surface area contributed by atoms with E-state index in [2.05, 4.69) is 6.58 Å². The zero-order chi connectivity index (χ0) is 8.15. The maximum atomic E-state index is 12.5. The smallest absolute Gasteiger partial charge is 0.125 e. The van der Waals surface area contributed by atoms with E-state index >= 15 is 0 Å². The van der Waals surface area contributed by atoms with Gasteiger partial charge in [0.05, 0.1) is 6.33 Å². The summed E-state index contributed by atoms with van der Waals surface area (Å²) in [5.74, 6) is -0.480. The Bertz CT molecular complexity index is 187. The molecule has 0 aromatic rings. The van der Waals surface area contributed by atoms with Gasteiger partial charge < -0.3 is 0 Å². The average Bonchev–Trinajstić information content (AvgIpc) is 1.87. The first-order valence-corrected chi connectivity index (χ1v) is 2.88. The molecule has 0 fully saturated rings. The third kappa shape index (κ3) is 3.17. The molecule has 0 saturated heterocycles. The first-order valence-electron chi connectivity index (χ1n) is 2.88. The molecule has 0 bridgehead atoms. The van der Waals surface area contributed by atoms with Gasteiger partial charge in [-0.3, -0.25) is 0 Å². The van der Waals surface area contributed by atoms with Crippen LogP contribution in [0.4, 0.5) is 8.78 Å².